The Hall–Kier alpha value is -1.07. The average Bonchev–Trinajstić information content (AvgIpc) is 2.84. The topological polar surface area (TPSA) is 52.6 Å². The number of hydrogen-bond donors (Lipinski definition) is 2. The minimum Gasteiger partial charge on any atom is -0.380 e. The van der Waals surface area contributed by atoms with Crippen LogP contribution in [0.5, 0.6) is 0 Å². The van der Waals surface area contributed by atoms with Crippen LogP contribution < -0.4 is 10.2 Å². The Balaban J connectivity index is 1.60. The van der Waals surface area contributed by atoms with Gasteiger partial charge in [-0.15, -0.1) is 0 Å². The molecule has 1 aromatic rings. The van der Waals surface area contributed by atoms with E-state index in [0.29, 0.717) is 12.8 Å². The lowest BCUT2D eigenvalue weighted by molar-refractivity contribution is -0.149. The number of carbonyl (C=O) groups is 1. The van der Waals surface area contributed by atoms with E-state index in [1.54, 1.807) is 0 Å². The van der Waals surface area contributed by atoms with Crippen molar-refractivity contribution in [2.24, 2.45) is 0 Å². The van der Waals surface area contributed by atoms with E-state index in [1.807, 2.05) is 18.2 Å². The van der Waals surface area contributed by atoms with Crippen LogP contribution in [0.15, 0.2) is 28.7 Å². The van der Waals surface area contributed by atoms with Gasteiger partial charge in [-0.2, -0.15) is 0 Å². The Labute approximate surface area is 127 Å². The molecule has 5 heteroatoms. The summed E-state index contributed by atoms with van der Waals surface area (Å²) in [5.74, 6) is -0.192. The third-order valence-electron chi connectivity index (χ3n) is 4.32. The number of anilines is 1. The Bertz CT molecular complexity index is 516. The van der Waals surface area contributed by atoms with E-state index in [1.165, 1.54) is 0 Å². The molecule has 1 atom stereocenters. The summed E-state index contributed by atoms with van der Waals surface area (Å²) in [5, 5.41) is 13.0. The first-order valence-corrected chi connectivity index (χ1v) is 7.91. The fraction of sp³-hybridized carbons (Fsp3) is 0.533. The van der Waals surface area contributed by atoms with E-state index in [-0.39, 0.29) is 11.9 Å². The first kappa shape index (κ1) is 13.9. The predicted molar refractivity (Wildman–Crippen MR) is 81.7 cm³/mol. The van der Waals surface area contributed by atoms with Crippen molar-refractivity contribution in [2.45, 2.75) is 37.3 Å². The van der Waals surface area contributed by atoms with Crippen LogP contribution in [0.25, 0.3) is 0 Å². The molecule has 108 valence electrons. The maximum atomic E-state index is 12.0. The van der Waals surface area contributed by atoms with Crippen molar-refractivity contribution >= 4 is 27.5 Å². The molecule has 2 N–H and O–H groups in total. The third-order valence-corrected chi connectivity index (χ3v) is 4.99. The Morgan fingerprint density at radius 3 is 2.80 bits per heavy atom. The van der Waals surface area contributed by atoms with Crippen LogP contribution >= 0.6 is 15.9 Å². The van der Waals surface area contributed by atoms with Crippen LogP contribution in [0.4, 0.5) is 5.69 Å². The van der Waals surface area contributed by atoms with Crippen molar-refractivity contribution in [1.29, 1.82) is 0 Å². The maximum Gasteiger partial charge on any atom is 0.252 e. The van der Waals surface area contributed by atoms with Gasteiger partial charge in [0.05, 0.1) is 5.69 Å². The predicted octanol–water partition coefficient (Wildman–Crippen LogP) is 2.06. The number of carbonyl (C=O) groups excluding carboxylic acids is 1. The second-order valence-electron chi connectivity index (χ2n) is 5.74. The Morgan fingerprint density at radius 2 is 2.15 bits per heavy atom. The first-order chi connectivity index (χ1) is 9.58. The Morgan fingerprint density at radius 1 is 1.40 bits per heavy atom. The molecular weight excluding hydrogens is 320 g/mol. The number of rotatable bonds is 3. The number of benzene rings is 1. The number of hydrogen-bond acceptors (Lipinski definition) is 3. The van der Waals surface area contributed by atoms with Crippen molar-refractivity contribution < 1.29 is 9.90 Å². The van der Waals surface area contributed by atoms with Crippen LogP contribution in [-0.2, 0) is 4.79 Å². The van der Waals surface area contributed by atoms with Gasteiger partial charge < -0.3 is 15.3 Å². The summed E-state index contributed by atoms with van der Waals surface area (Å²) in [6.07, 6.45) is 3.06. The van der Waals surface area contributed by atoms with Gasteiger partial charge in [-0.05, 0) is 53.7 Å². The monoisotopic (exact) mass is 338 g/mol. The molecule has 1 saturated heterocycles. The van der Waals surface area contributed by atoms with Crippen molar-refractivity contribution in [3.8, 4) is 0 Å². The number of halogens is 1. The lowest BCUT2D eigenvalue weighted by atomic mass is 9.79. The molecular formula is C15H19BrN2O2. The lowest BCUT2D eigenvalue weighted by Crippen LogP contribution is -2.54. The van der Waals surface area contributed by atoms with E-state index in [9.17, 15) is 9.90 Å². The summed E-state index contributed by atoms with van der Waals surface area (Å²) in [7, 11) is 0. The van der Waals surface area contributed by atoms with Gasteiger partial charge in [-0.25, -0.2) is 0 Å². The molecule has 1 amide bonds. The highest BCUT2D eigenvalue weighted by atomic mass is 79.9. The van der Waals surface area contributed by atoms with Crippen LogP contribution in [0.1, 0.15) is 25.7 Å². The first-order valence-electron chi connectivity index (χ1n) is 7.11. The summed E-state index contributed by atoms with van der Waals surface area (Å²) in [4.78, 5) is 14.3. The quantitative estimate of drug-likeness (QED) is 0.886. The van der Waals surface area contributed by atoms with Crippen LogP contribution in [0.2, 0.25) is 0 Å². The summed E-state index contributed by atoms with van der Waals surface area (Å²) >= 11 is 3.56. The van der Waals surface area contributed by atoms with E-state index in [2.05, 4.69) is 32.2 Å². The number of nitrogens with zero attached hydrogens (tertiary/aromatic N) is 1. The van der Waals surface area contributed by atoms with Crippen LogP contribution in [0.3, 0.4) is 0 Å². The normalized spacial score (nSPS) is 24.3. The molecule has 0 spiro atoms. The lowest BCUT2D eigenvalue weighted by Gasteiger charge is -2.35. The molecule has 0 radical (unpaired) electrons. The van der Waals surface area contributed by atoms with E-state index in [0.717, 1.165) is 36.1 Å². The van der Waals surface area contributed by atoms with Gasteiger partial charge in [0, 0.05) is 23.6 Å². The van der Waals surface area contributed by atoms with Gasteiger partial charge in [0.25, 0.3) is 5.91 Å². The molecule has 1 aliphatic heterocycles. The van der Waals surface area contributed by atoms with Crippen LogP contribution in [0, 0.1) is 0 Å². The van der Waals surface area contributed by atoms with Gasteiger partial charge in [0.15, 0.2) is 0 Å². The van der Waals surface area contributed by atoms with Crippen molar-refractivity contribution in [1.82, 2.24) is 5.32 Å². The molecule has 20 heavy (non-hydrogen) atoms. The van der Waals surface area contributed by atoms with E-state index >= 15 is 0 Å². The third kappa shape index (κ3) is 2.56. The summed E-state index contributed by atoms with van der Waals surface area (Å²) in [6, 6.07) is 8.24. The van der Waals surface area contributed by atoms with Gasteiger partial charge in [0.1, 0.15) is 5.60 Å². The zero-order chi connectivity index (χ0) is 14.2. The van der Waals surface area contributed by atoms with E-state index in [4.69, 9.17) is 0 Å². The zero-order valence-electron chi connectivity index (χ0n) is 11.3. The molecule has 0 bridgehead atoms. The molecule has 1 unspecified atom stereocenters. The number of aliphatic hydroxyl groups is 1. The number of nitrogens with one attached hydrogen (secondary N) is 1. The largest absolute Gasteiger partial charge is 0.380 e. The molecule has 2 aliphatic rings. The minimum absolute atomic E-state index is 0.124. The summed E-state index contributed by atoms with van der Waals surface area (Å²) in [5.41, 5.74) is 0.0624. The number of para-hydroxylation sites is 1. The zero-order valence-corrected chi connectivity index (χ0v) is 12.9. The highest BCUT2D eigenvalue weighted by Gasteiger charge is 2.43. The van der Waals surface area contributed by atoms with Crippen molar-refractivity contribution in [2.75, 3.05) is 18.0 Å². The molecule has 1 aliphatic carbocycles. The summed E-state index contributed by atoms with van der Waals surface area (Å²) < 4.78 is 1.07. The second kappa shape index (κ2) is 5.37. The second-order valence-corrected chi connectivity index (χ2v) is 6.60. The minimum atomic E-state index is -1.10. The van der Waals surface area contributed by atoms with Gasteiger partial charge in [-0.1, -0.05) is 12.1 Å². The van der Waals surface area contributed by atoms with Gasteiger partial charge >= 0.3 is 0 Å². The molecule has 0 aromatic heterocycles. The molecule has 1 aromatic carbocycles. The van der Waals surface area contributed by atoms with Gasteiger partial charge in [-0.3, -0.25) is 4.79 Å². The smallest absolute Gasteiger partial charge is 0.252 e. The van der Waals surface area contributed by atoms with Crippen molar-refractivity contribution in [3.05, 3.63) is 28.7 Å². The van der Waals surface area contributed by atoms with E-state index < -0.39 is 5.60 Å². The highest BCUT2D eigenvalue weighted by molar-refractivity contribution is 9.10. The maximum absolute atomic E-state index is 12.0. The fourth-order valence-corrected chi connectivity index (χ4v) is 3.40. The standard InChI is InChI=1S/C15H19BrN2O2/c16-12-4-1-2-5-13(12)18-9-6-11(10-18)17-14(19)15(20)7-3-8-15/h1-2,4-5,11,20H,3,6-10H2,(H,17,19). The molecule has 4 nitrogen and oxygen atoms in total. The molecule has 3 rings (SSSR count). The molecule has 1 heterocycles. The molecule has 1 saturated carbocycles. The van der Waals surface area contributed by atoms with Crippen LogP contribution in [-0.4, -0.2) is 35.7 Å². The average molecular weight is 339 g/mol. The molecule has 2 fully saturated rings. The van der Waals surface area contributed by atoms with Gasteiger partial charge in [0.2, 0.25) is 0 Å². The Kier molecular flexibility index (Phi) is 3.73. The fourth-order valence-electron chi connectivity index (χ4n) is 2.86. The number of amides is 1. The highest BCUT2D eigenvalue weighted by Crippen LogP contribution is 2.32. The summed E-state index contributed by atoms with van der Waals surface area (Å²) in [6.45, 7) is 1.72. The van der Waals surface area contributed by atoms with Crippen molar-refractivity contribution in [3.63, 3.8) is 0 Å². The SMILES string of the molecule is O=C(NC1CCN(c2ccccc2Br)C1)C1(O)CCC1.